The highest BCUT2D eigenvalue weighted by molar-refractivity contribution is 9.10. The fourth-order valence-corrected chi connectivity index (χ4v) is 3.82. The lowest BCUT2D eigenvalue weighted by molar-refractivity contribution is 0.372. The van der Waals surface area contributed by atoms with E-state index in [2.05, 4.69) is 50.5 Å². The molecule has 1 heterocycles. The largest absolute Gasteiger partial charge is 0.308 e. The molecule has 0 amide bonds. The lowest BCUT2D eigenvalue weighted by Crippen LogP contribution is -2.30. The third-order valence-corrected chi connectivity index (χ3v) is 5.40. The van der Waals surface area contributed by atoms with Crippen LogP contribution in [-0.4, -0.2) is 11.0 Å². The zero-order valence-corrected chi connectivity index (χ0v) is 13.8. The molecular formula is C16H19BrN2S. The first-order chi connectivity index (χ1) is 9.81. The third kappa shape index (κ3) is 3.68. The van der Waals surface area contributed by atoms with Crippen LogP contribution in [0.15, 0.2) is 34.9 Å². The van der Waals surface area contributed by atoms with Crippen LogP contribution in [0.3, 0.4) is 0 Å². The first-order valence-corrected chi connectivity index (χ1v) is 8.86. The normalized spacial score (nSPS) is 16.4. The zero-order valence-electron chi connectivity index (χ0n) is 11.4. The van der Waals surface area contributed by atoms with E-state index in [0.717, 1.165) is 11.0 Å². The van der Waals surface area contributed by atoms with Gasteiger partial charge in [0.15, 0.2) is 0 Å². The first kappa shape index (κ1) is 14.2. The summed E-state index contributed by atoms with van der Waals surface area (Å²) in [6.07, 6.45) is 8.80. The molecule has 0 radical (unpaired) electrons. The summed E-state index contributed by atoms with van der Waals surface area (Å²) in [7, 11) is 0. The van der Waals surface area contributed by atoms with Crippen LogP contribution >= 0.6 is 27.3 Å². The molecule has 1 aliphatic rings. The van der Waals surface area contributed by atoms with Gasteiger partial charge in [-0.25, -0.2) is 4.98 Å². The molecule has 2 nitrogen and oxygen atoms in total. The summed E-state index contributed by atoms with van der Waals surface area (Å²) in [5.74, 6) is 0. The lowest BCUT2D eigenvalue weighted by Gasteiger charge is -2.22. The first-order valence-electron chi connectivity index (χ1n) is 7.25. The van der Waals surface area contributed by atoms with E-state index in [1.165, 1.54) is 47.6 Å². The molecule has 0 unspecified atom stereocenters. The van der Waals surface area contributed by atoms with E-state index in [9.17, 15) is 0 Å². The van der Waals surface area contributed by atoms with Gasteiger partial charge in [0.05, 0.1) is 4.88 Å². The summed E-state index contributed by atoms with van der Waals surface area (Å²) in [5, 5.41) is 4.84. The maximum atomic E-state index is 4.54. The third-order valence-electron chi connectivity index (χ3n) is 3.83. The van der Waals surface area contributed by atoms with Gasteiger partial charge in [-0.15, -0.1) is 11.3 Å². The SMILES string of the molecule is Brc1ccc(-c2cnc(CNC3CCCCC3)s2)cc1. The van der Waals surface area contributed by atoms with E-state index in [1.54, 1.807) is 11.3 Å². The van der Waals surface area contributed by atoms with Gasteiger partial charge in [-0.3, -0.25) is 0 Å². The number of hydrogen-bond donors (Lipinski definition) is 1. The second-order valence-corrected chi connectivity index (χ2v) is 7.37. The number of thiazole rings is 1. The van der Waals surface area contributed by atoms with Crippen LogP contribution in [0.2, 0.25) is 0 Å². The highest BCUT2D eigenvalue weighted by Crippen LogP contribution is 2.27. The van der Waals surface area contributed by atoms with Crippen molar-refractivity contribution in [3.63, 3.8) is 0 Å². The van der Waals surface area contributed by atoms with Crippen molar-refractivity contribution in [1.82, 2.24) is 10.3 Å². The summed E-state index contributed by atoms with van der Waals surface area (Å²) in [6, 6.07) is 9.12. The highest BCUT2D eigenvalue weighted by Gasteiger charge is 2.13. The van der Waals surface area contributed by atoms with Gasteiger partial charge in [-0.2, -0.15) is 0 Å². The minimum absolute atomic E-state index is 0.698. The number of hydrogen-bond acceptors (Lipinski definition) is 3. The fraction of sp³-hybridized carbons (Fsp3) is 0.438. The van der Waals surface area contributed by atoms with Crippen molar-refractivity contribution in [1.29, 1.82) is 0 Å². The average molecular weight is 351 g/mol. The molecule has 2 aromatic rings. The second-order valence-electron chi connectivity index (χ2n) is 5.34. The van der Waals surface area contributed by atoms with E-state index >= 15 is 0 Å². The summed E-state index contributed by atoms with van der Waals surface area (Å²) >= 11 is 5.26. The van der Waals surface area contributed by atoms with Crippen molar-refractivity contribution in [3.8, 4) is 10.4 Å². The van der Waals surface area contributed by atoms with E-state index in [4.69, 9.17) is 0 Å². The Morgan fingerprint density at radius 2 is 1.90 bits per heavy atom. The molecule has 1 aromatic carbocycles. The monoisotopic (exact) mass is 350 g/mol. The van der Waals surface area contributed by atoms with Crippen molar-refractivity contribution in [3.05, 3.63) is 39.9 Å². The lowest BCUT2D eigenvalue weighted by atomic mass is 9.96. The highest BCUT2D eigenvalue weighted by atomic mass is 79.9. The quantitative estimate of drug-likeness (QED) is 0.839. The summed E-state index contributed by atoms with van der Waals surface area (Å²) in [6.45, 7) is 0.909. The maximum Gasteiger partial charge on any atom is 0.107 e. The van der Waals surface area contributed by atoms with E-state index in [-0.39, 0.29) is 0 Å². The number of aromatic nitrogens is 1. The second kappa shape index (κ2) is 6.83. The summed E-state index contributed by atoms with van der Waals surface area (Å²) < 4.78 is 1.12. The topological polar surface area (TPSA) is 24.9 Å². The van der Waals surface area contributed by atoms with E-state index < -0.39 is 0 Å². The van der Waals surface area contributed by atoms with Crippen LogP contribution in [0, 0.1) is 0 Å². The van der Waals surface area contributed by atoms with Gasteiger partial charge in [0.25, 0.3) is 0 Å². The van der Waals surface area contributed by atoms with Gasteiger partial charge in [0.2, 0.25) is 0 Å². The van der Waals surface area contributed by atoms with Gasteiger partial charge in [-0.1, -0.05) is 47.3 Å². The van der Waals surface area contributed by atoms with Crippen molar-refractivity contribution in [2.24, 2.45) is 0 Å². The molecule has 0 atom stereocenters. The fourth-order valence-electron chi connectivity index (χ4n) is 2.68. The molecule has 1 aromatic heterocycles. The standard InChI is InChI=1S/C16H19BrN2S/c17-13-8-6-12(7-9-13)15-10-19-16(20-15)11-18-14-4-2-1-3-5-14/h6-10,14,18H,1-5,11H2. The smallest absolute Gasteiger partial charge is 0.107 e. The zero-order chi connectivity index (χ0) is 13.8. The molecule has 0 spiro atoms. The minimum Gasteiger partial charge on any atom is -0.308 e. The van der Waals surface area contributed by atoms with Crippen molar-refractivity contribution in [2.45, 2.75) is 44.7 Å². The molecule has 106 valence electrons. The number of nitrogens with one attached hydrogen (secondary N) is 1. The Labute approximate surface area is 132 Å². The molecule has 3 rings (SSSR count). The molecule has 1 fully saturated rings. The van der Waals surface area contributed by atoms with Crippen LogP contribution in [0.5, 0.6) is 0 Å². The molecule has 0 bridgehead atoms. The van der Waals surface area contributed by atoms with Crippen LogP contribution < -0.4 is 5.32 Å². The van der Waals surface area contributed by atoms with Crippen molar-refractivity contribution in [2.75, 3.05) is 0 Å². The molecule has 0 saturated heterocycles. The molecule has 0 aliphatic heterocycles. The molecule has 1 aliphatic carbocycles. The summed E-state index contributed by atoms with van der Waals surface area (Å²) in [5.41, 5.74) is 1.25. The Morgan fingerprint density at radius 1 is 1.15 bits per heavy atom. The van der Waals surface area contributed by atoms with Gasteiger partial charge in [-0.05, 0) is 30.5 Å². The predicted octanol–water partition coefficient (Wildman–Crippen LogP) is 4.99. The van der Waals surface area contributed by atoms with Gasteiger partial charge < -0.3 is 5.32 Å². The maximum absolute atomic E-state index is 4.54. The molecular weight excluding hydrogens is 332 g/mol. The average Bonchev–Trinajstić information content (AvgIpc) is 2.96. The molecule has 20 heavy (non-hydrogen) atoms. The summed E-state index contributed by atoms with van der Waals surface area (Å²) in [4.78, 5) is 5.79. The predicted molar refractivity (Wildman–Crippen MR) is 89.0 cm³/mol. The van der Waals surface area contributed by atoms with Crippen molar-refractivity contribution < 1.29 is 0 Å². The Hall–Kier alpha value is -0.710. The number of benzene rings is 1. The van der Waals surface area contributed by atoms with Crippen LogP contribution in [-0.2, 0) is 6.54 Å². The minimum atomic E-state index is 0.698. The number of halogens is 1. The van der Waals surface area contributed by atoms with Gasteiger partial charge in [0, 0.05) is 23.3 Å². The number of rotatable bonds is 4. The van der Waals surface area contributed by atoms with Crippen molar-refractivity contribution >= 4 is 27.3 Å². The van der Waals surface area contributed by atoms with Gasteiger partial charge >= 0.3 is 0 Å². The molecule has 4 heteroatoms. The Morgan fingerprint density at radius 3 is 2.65 bits per heavy atom. The van der Waals surface area contributed by atoms with Gasteiger partial charge in [0.1, 0.15) is 5.01 Å². The van der Waals surface area contributed by atoms with Crippen LogP contribution in [0.25, 0.3) is 10.4 Å². The Kier molecular flexibility index (Phi) is 4.86. The van der Waals surface area contributed by atoms with Crippen LogP contribution in [0.1, 0.15) is 37.1 Å². The van der Waals surface area contributed by atoms with E-state index in [1.807, 2.05) is 6.20 Å². The van der Waals surface area contributed by atoms with Crippen LogP contribution in [0.4, 0.5) is 0 Å². The molecule has 1 saturated carbocycles. The Bertz CT molecular complexity index is 544. The molecule has 1 N–H and O–H groups in total. The van der Waals surface area contributed by atoms with E-state index in [0.29, 0.717) is 6.04 Å². The Balaban J connectivity index is 1.60. The number of nitrogens with zero attached hydrogens (tertiary/aromatic N) is 1.